The molecule has 3 nitrogen and oxygen atoms in total. The molecule has 0 heterocycles. The first kappa shape index (κ1) is 7.88. The lowest BCUT2D eigenvalue weighted by Crippen LogP contribution is -2.20. The maximum absolute atomic E-state index is 8.81. The highest BCUT2D eigenvalue weighted by molar-refractivity contribution is 4.54. The van der Waals surface area contributed by atoms with Crippen molar-refractivity contribution >= 4 is 0 Å². The van der Waals surface area contributed by atoms with Gasteiger partial charge in [0.2, 0.25) is 0 Å². The number of nitrogens with two attached hydrogens (primary N) is 2. The van der Waals surface area contributed by atoms with Crippen LogP contribution >= 0.6 is 0 Å². The molecule has 0 aliphatic carbocycles. The Labute approximate surface area is 49.7 Å². The zero-order valence-corrected chi connectivity index (χ0v) is 5.01. The van der Waals surface area contributed by atoms with Gasteiger partial charge in [-0.15, -0.1) is 0 Å². The fourth-order valence-corrected chi connectivity index (χ4v) is 0.471. The van der Waals surface area contributed by atoms with Gasteiger partial charge in [-0.1, -0.05) is 0 Å². The summed E-state index contributed by atoms with van der Waals surface area (Å²) in [6, 6.07) is 0. The largest absolute Gasteiger partial charge is 0.392 e. The van der Waals surface area contributed by atoms with Gasteiger partial charge in [0, 0.05) is 6.54 Å². The quantitative estimate of drug-likeness (QED) is 0.445. The summed E-state index contributed by atoms with van der Waals surface area (Å²) in [7, 11) is 0. The highest BCUT2D eigenvalue weighted by Gasteiger charge is 1.96. The van der Waals surface area contributed by atoms with Crippen molar-refractivity contribution < 1.29 is 5.11 Å². The van der Waals surface area contributed by atoms with Crippen molar-refractivity contribution in [3.63, 3.8) is 0 Å². The summed E-state index contributed by atoms with van der Waals surface area (Å²) in [6.45, 7) is 0.983. The summed E-state index contributed by atoms with van der Waals surface area (Å²) in [4.78, 5) is 0. The minimum atomic E-state index is -0.349. The third-order valence-corrected chi connectivity index (χ3v) is 1.01. The van der Waals surface area contributed by atoms with Crippen molar-refractivity contribution in [3.8, 4) is 0 Å². The van der Waals surface area contributed by atoms with Crippen LogP contribution in [0.3, 0.4) is 0 Å². The van der Waals surface area contributed by atoms with Crippen LogP contribution in [0.5, 0.6) is 0 Å². The summed E-state index contributed by atoms with van der Waals surface area (Å²) in [5, 5.41) is 8.81. The number of hydrogen-bond donors (Lipinski definition) is 3. The van der Waals surface area contributed by atoms with Gasteiger partial charge < -0.3 is 16.6 Å². The summed E-state index contributed by atoms with van der Waals surface area (Å²) in [5.41, 5.74) is 10.3. The third kappa shape index (κ3) is 4.05. The zero-order valence-electron chi connectivity index (χ0n) is 5.01. The van der Waals surface area contributed by atoms with Crippen molar-refractivity contribution in [3.05, 3.63) is 0 Å². The number of rotatable bonds is 4. The first-order valence-corrected chi connectivity index (χ1v) is 2.89. The molecule has 0 amide bonds. The lowest BCUT2D eigenvalue weighted by Gasteiger charge is -2.03. The molecule has 1 atom stereocenters. The molecule has 5 N–H and O–H groups in total. The highest BCUT2D eigenvalue weighted by atomic mass is 16.3. The fourth-order valence-electron chi connectivity index (χ4n) is 0.471. The standard InChI is InChI=1S/C5H14N2O/c6-3-1-2-5(8)4-7/h5,8H,1-4,6-7H2. The van der Waals surface area contributed by atoms with E-state index in [0.29, 0.717) is 13.1 Å². The van der Waals surface area contributed by atoms with E-state index in [2.05, 4.69) is 0 Å². The summed E-state index contributed by atoms with van der Waals surface area (Å²) in [5.74, 6) is 0. The monoisotopic (exact) mass is 118 g/mol. The second-order valence-electron chi connectivity index (χ2n) is 1.82. The molecule has 0 spiro atoms. The smallest absolute Gasteiger partial charge is 0.0662 e. The molecule has 0 saturated carbocycles. The van der Waals surface area contributed by atoms with E-state index in [1.165, 1.54) is 0 Å². The van der Waals surface area contributed by atoms with E-state index in [0.717, 1.165) is 12.8 Å². The van der Waals surface area contributed by atoms with Crippen LogP contribution in [-0.2, 0) is 0 Å². The van der Waals surface area contributed by atoms with Crippen LogP contribution in [0.4, 0.5) is 0 Å². The van der Waals surface area contributed by atoms with Crippen LogP contribution in [0.1, 0.15) is 12.8 Å². The van der Waals surface area contributed by atoms with Crippen LogP contribution < -0.4 is 11.5 Å². The SMILES string of the molecule is NCCCC(O)CN. The van der Waals surface area contributed by atoms with Crippen molar-refractivity contribution in [2.45, 2.75) is 18.9 Å². The van der Waals surface area contributed by atoms with Gasteiger partial charge in [0.1, 0.15) is 0 Å². The molecule has 1 unspecified atom stereocenters. The van der Waals surface area contributed by atoms with Crippen molar-refractivity contribution in [2.24, 2.45) is 11.5 Å². The Morgan fingerprint density at radius 1 is 1.38 bits per heavy atom. The molecule has 50 valence electrons. The first-order valence-electron chi connectivity index (χ1n) is 2.89. The van der Waals surface area contributed by atoms with E-state index < -0.39 is 0 Å². The average molecular weight is 118 g/mol. The first-order chi connectivity index (χ1) is 3.81. The molecule has 0 aromatic rings. The van der Waals surface area contributed by atoms with Gasteiger partial charge >= 0.3 is 0 Å². The minimum absolute atomic E-state index is 0.347. The van der Waals surface area contributed by atoms with Gasteiger partial charge in [0.15, 0.2) is 0 Å². The topological polar surface area (TPSA) is 72.3 Å². The second-order valence-corrected chi connectivity index (χ2v) is 1.82. The number of aliphatic hydroxyl groups excluding tert-OH is 1. The van der Waals surface area contributed by atoms with Gasteiger partial charge in [-0.2, -0.15) is 0 Å². The zero-order chi connectivity index (χ0) is 6.41. The van der Waals surface area contributed by atoms with Gasteiger partial charge in [-0.25, -0.2) is 0 Å². The van der Waals surface area contributed by atoms with Gasteiger partial charge in [0.05, 0.1) is 6.10 Å². The summed E-state index contributed by atoms with van der Waals surface area (Å²) in [6.07, 6.45) is 1.24. The Hall–Kier alpha value is -0.120. The fraction of sp³-hybridized carbons (Fsp3) is 1.00. The Bertz CT molecular complexity index is 49.7. The Morgan fingerprint density at radius 3 is 2.38 bits per heavy atom. The van der Waals surface area contributed by atoms with E-state index >= 15 is 0 Å². The molecule has 0 aromatic carbocycles. The Balaban J connectivity index is 2.86. The minimum Gasteiger partial charge on any atom is -0.392 e. The maximum Gasteiger partial charge on any atom is 0.0662 e. The number of hydrogen-bond acceptors (Lipinski definition) is 3. The molecule has 0 aliphatic heterocycles. The van der Waals surface area contributed by atoms with Crippen LogP contribution in [0.2, 0.25) is 0 Å². The van der Waals surface area contributed by atoms with Crippen LogP contribution in [0, 0.1) is 0 Å². The normalized spacial score (nSPS) is 13.9. The van der Waals surface area contributed by atoms with Crippen LogP contribution in [0.15, 0.2) is 0 Å². The second kappa shape index (κ2) is 5.03. The summed E-state index contributed by atoms with van der Waals surface area (Å²) >= 11 is 0. The predicted octanol–water partition coefficient (Wildman–Crippen LogP) is -0.955. The van der Waals surface area contributed by atoms with Crippen molar-refractivity contribution in [1.82, 2.24) is 0 Å². The maximum atomic E-state index is 8.81. The van der Waals surface area contributed by atoms with E-state index in [1.807, 2.05) is 0 Å². The van der Waals surface area contributed by atoms with Crippen LogP contribution in [-0.4, -0.2) is 24.3 Å². The van der Waals surface area contributed by atoms with E-state index in [4.69, 9.17) is 16.6 Å². The van der Waals surface area contributed by atoms with E-state index in [1.54, 1.807) is 0 Å². The molecule has 0 bridgehead atoms. The van der Waals surface area contributed by atoms with Gasteiger partial charge in [-0.3, -0.25) is 0 Å². The molecule has 0 aromatic heterocycles. The van der Waals surface area contributed by atoms with Gasteiger partial charge in [-0.05, 0) is 19.4 Å². The van der Waals surface area contributed by atoms with Gasteiger partial charge in [0.25, 0.3) is 0 Å². The lowest BCUT2D eigenvalue weighted by molar-refractivity contribution is 0.171. The number of aliphatic hydroxyl groups is 1. The predicted molar refractivity (Wildman–Crippen MR) is 33.3 cm³/mol. The molecular formula is C5H14N2O. The van der Waals surface area contributed by atoms with E-state index in [9.17, 15) is 0 Å². The molecular weight excluding hydrogens is 104 g/mol. The molecule has 0 aliphatic rings. The molecule has 0 rings (SSSR count). The average Bonchev–Trinajstić information content (AvgIpc) is 1.83. The molecule has 8 heavy (non-hydrogen) atoms. The molecule has 3 heteroatoms. The summed E-state index contributed by atoms with van der Waals surface area (Å²) < 4.78 is 0. The Kier molecular flexibility index (Phi) is 4.95. The molecule has 0 fully saturated rings. The highest BCUT2D eigenvalue weighted by Crippen LogP contribution is 1.91. The van der Waals surface area contributed by atoms with Crippen molar-refractivity contribution in [1.29, 1.82) is 0 Å². The third-order valence-electron chi connectivity index (χ3n) is 1.01. The van der Waals surface area contributed by atoms with Crippen molar-refractivity contribution in [2.75, 3.05) is 13.1 Å². The van der Waals surface area contributed by atoms with E-state index in [-0.39, 0.29) is 6.10 Å². The molecule has 0 radical (unpaired) electrons. The van der Waals surface area contributed by atoms with Crippen LogP contribution in [0.25, 0.3) is 0 Å². The Morgan fingerprint density at radius 2 is 2.00 bits per heavy atom. The molecule has 0 saturated heterocycles. The lowest BCUT2D eigenvalue weighted by atomic mass is 10.2.